The summed E-state index contributed by atoms with van der Waals surface area (Å²) in [7, 11) is -4.08. The maximum atomic E-state index is 13.3. The standard InChI is InChI=1S/C23H18BrCl2N3O5S/c24-18-6-9-20(10-7-18)35(33,34)29(13-17-5-8-19(25)11-21(17)26)14-22(30)28-27-12-15-1-3-16(4-2-15)23(31)32/h1-12H,13-14H2,(H,28,30)(H,31,32)/b27-12+. The Morgan fingerprint density at radius 2 is 1.69 bits per heavy atom. The first kappa shape index (κ1) is 26.8. The minimum absolute atomic E-state index is 0.000563. The first-order valence-corrected chi connectivity index (χ1v) is 12.9. The molecule has 0 aromatic heterocycles. The van der Waals surface area contributed by atoms with Crippen molar-refractivity contribution in [3.05, 3.63) is 97.9 Å². The number of halogens is 3. The lowest BCUT2D eigenvalue weighted by molar-refractivity contribution is -0.121. The van der Waals surface area contributed by atoms with E-state index in [1.54, 1.807) is 24.3 Å². The number of carboxylic acid groups (broad SMARTS) is 1. The van der Waals surface area contributed by atoms with Crippen molar-refractivity contribution in [1.82, 2.24) is 9.73 Å². The first-order valence-electron chi connectivity index (χ1n) is 9.91. The maximum Gasteiger partial charge on any atom is 0.335 e. The summed E-state index contributed by atoms with van der Waals surface area (Å²) in [6.07, 6.45) is 1.31. The lowest BCUT2D eigenvalue weighted by Gasteiger charge is -2.22. The molecule has 0 atom stereocenters. The fraction of sp³-hybridized carbons (Fsp3) is 0.0870. The molecule has 2 N–H and O–H groups in total. The summed E-state index contributed by atoms with van der Waals surface area (Å²) in [5, 5.41) is 13.4. The molecule has 3 aromatic rings. The second-order valence-corrected chi connectivity index (χ2v) is 10.9. The molecule has 1 amide bonds. The lowest BCUT2D eigenvalue weighted by Crippen LogP contribution is -2.39. The van der Waals surface area contributed by atoms with E-state index in [0.29, 0.717) is 20.6 Å². The monoisotopic (exact) mass is 597 g/mol. The number of nitrogens with zero attached hydrogens (tertiary/aromatic N) is 2. The molecule has 0 aliphatic rings. The number of hydrogen-bond donors (Lipinski definition) is 2. The fourth-order valence-corrected chi connectivity index (χ4v) is 5.01. The van der Waals surface area contributed by atoms with Crippen molar-refractivity contribution in [2.45, 2.75) is 11.4 Å². The number of sulfonamides is 1. The minimum Gasteiger partial charge on any atom is -0.478 e. The van der Waals surface area contributed by atoms with Crippen LogP contribution in [0.5, 0.6) is 0 Å². The van der Waals surface area contributed by atoms with Gasteiger partial charge >= 0.3 is 5.97 Å². The van der Waals surface area contributed by atoms with E-state index < -0.39 is 28.4 Å². The molecular formula is C23H18BrCl2N3O5S. The van der Waals surface area contributed by atoms with Gasteiger partial charge in [0.25, 0.3) is 5.91 Å². The van der Waals surface area contributed by atoms with Gasteiger partial charge in [0.15, 0.2) is 0 Å². The van der Waals surface area contributed by atoms with Gasteiger partial charge in [0.2, 0.25) is 10.0 Å². The fourth-order valence-electron chi connectivity index (χ4n) is 2.91. The van der Waals surface area contributed by atoms with Crippen molar-refractivity contribution in [1.29, 1.82) is 0 Å². The summed E-state index contributed by atoms with van der Waals surface area (Å²) in [5.74, 6) is -1.75. The van der Waals surface area contributed by atoms with Crippen LogP contribution in [0.1, 0.15) is 21.5 Å². The summed E-state index contributed by atoms with van der Waals surface area (Å²) in [6, 6.07) is 16.5. The van der Waals surface area contributed by atoms with Gasteiger partial charge in [-0.3, -0.25) is 4.79 Å². The number of hydrogen-bond acceptors (Lipinski definition) is 5. The Balaban J connectivity index is 1.79. The zero-order chi connectivity index (χ0) is 25.6. The summed E-state index contributed by atoms with van der Waals surface area (Å²) in [4.78, 5) is 23.5. The molecule has 35 heavy (non-hydrogen) atoms. The van der Waals surface area contributed by atoms with Crippen LogP contribution in [0.15, 0.2) is 81.2 Å². The molecule has 3 aromatic carbocycles. The molecule has 8 nitrogen and oxygen atoms in total. The van der Waals surface area contributed by atoms with Crippen LogP contribution in [-0.4, -0.2) is 42.5 Å². The number of amides is 1. The molecule has 182 valence electrons. The average molecular weight is 599 g/mol. The number of hydrazone groups is 1. The Morgan fingerprint density at radius 3 is 2.29 bits per heavy atom. The minimum atomic E-state index is -4.08. The zero-order valence-electron chi connectivity index (χ0n) is 17.9. The third-order valence-electron chi connectivity index (χ3n) is 4.69. The van der Waals surface area contributed by atoms with E-state index in [9.17, 15) is 18.0 Å². The van der Waals surface area contributed by atoms with Gasteiger partial charge in [0.1, 0.15) is 0 Å². The van der Waals surface area contributed by atoms with Gasteiger partial charge in [0, 0.05) is 21.1 Å². The Morgan fingerprint density at radius 1 is 1.03 bits per heavy atom. The normalized spacial score (nSPS) is 11.7. The molecule has 0 aliphatic heterocycles. The van der Waals surface area contributed by atoms with Crippen molar-refractivity contribution >= 4 is 67.2 Å². The number of nitrogens with one attached hydrogen (secondary N) is 1. The van der Waals surface area contributed by atoms with Crippen molar-refractivity contribution < 1.29 is 23.1 Å². The first-order chi connectivity index (χ1) is 16.6. The quantitative estimate of drug-likeness (QED) is 0.271. The Hall–Kier alpha value is -2.76. The summed E-state index contributed by atoms with van der Waals surface area (Å²) < 4.78 is 28.3. The third kappa shape index (κ3) is 7.36. The second-order valence-electron chi connectivity index (χ2n) is 7.18. The van der Waals surface area contributed by atoms with E-state index in [1.165, 1.54) is 48.7 Å². The van der Waals surface area contributed by atoms with Crippen LogP contribution in [0.3, 0.4) is 0 Å². The molecule has 0 bridgehead atoms. The van der Waals surface area contributed by atoms with Crippen LogP contribution in [0.4, 0.5) is 0 Å². The molecule has 0 spiro atoms. The van der Waals surface area contributed by atoms with Crippen LogP contribution in [-0.2, 0) is 21.4 Å². The molecule has 12 heteroatoms. The number of benzene rings is 3. The van der Waals surface area contributed by atoms with E-state index in [2.05, 4.69) is 26.5 Å². The predicted molar refractivity (Wildman–Crippen MR) is 137 cm³/mol. The van der Waals surface area contributed by atoms with Crippen LogP contribution in [0, 0.1) is 0 Å². The predicted octanol–water partition coefficient (Wildman–Crippen LogP) is 4.80. The van der Waals surface area contributed by atoms with Crippen molar-refractivity contribution in [2.24, 2.45) is 5.10 Å². The van der Waals surface area contributed by atoms with E-state index in [4.69, 9.17) is 28.3 Å². The molecule has 0 heterocycles. The second kappa shape index (κ2) is 11.8. The van der Waals surface area contributed by atoms with Crippen LogP contribution >= 0.6 is 39.1 Å². The van der Waals surface area contributed by atoms with Crippen molar-refractivity contribution in [2.75, 3.05) is 6.54 Å². The molecule has 3 rings (SSSR count). The number of rotatable bonds is 9. The van der Waals surface area contributed by atoms with Gasteiger partial charge in [-0.15, -0.1) is 0 Å². The van der Waals surface area contributed by atoms with Gasteiger partial charge in [-0.25, -0.2) is 18.6 Å². The molecule has 0 aliphatic carbocycles. The number of aromatic carboxylic acids is 1. The highest BCUT2D eigenvalue weighted by Gasteiger charge is 2.27. The smallest absolute Gasteiger partial charge is 0.335 e. The summed E-state index contributed by atoms with van der Waals surface area (Å²) in [5.41, 5.74) is 3.41. The Kier molecular flexibility index (Phi) is 9.03. The van der Waals surface area contributed by atoms with E-state index in [0.717, 1.165) is 4.31 Å². The highest BCUT2D eigenvalue weighted by molar-refractivity contribution is 9.10. The van der Waals surface area contributed by atoms with Crippen LogP contribution in [0.2, 0.25) is 10.0 Å². The molecule has 0 radical (unpaired) electrons. The molecule has 0 unspecified atom stereocenters. The van der Waals surface area contributed by atoms with Gasteiger partial charge in [-0.2, -0.15) is 9.41 Å². The lowest BCUT2D eigenvalue weighted by atomic mass is 10.1. The van der Waals surface area contributed by atoms with E-state index in [-0.39, 0.29) is 22.0 Å². The number of carbonyl (C=O) groups excluding carboxylic acids is 1. The van der Waals surface area contributed by atoms with Crippen molar-refractivity contribution in [3.63, 3.8) is 0 Å². The largest absolute Gasteiger partial charge is 0.478 e. The highest BCUT2D eigenvalue weighted by atomic mass is 79.9. The zero-order valence-corrected chi connectivity index (χ0v) is 21.8. The molecule has 0 saturated carbocycles. The third-order valence-corrected chi connectivity index (χ3v) is 7.62. The van der Waals surface area contributed by atoms with Crippen molar-refractivity contribution in [3.8, 4) is 0 Å². The summed E-state index contributed by atoms with van der Waals surface area (Å²) >= 11 is 15.4. The topological polar surface area (TPSA) is 116 Å². The molecular weight excluding hydrogens is 581 g/mol. The molecule has 0 fully saturated rings. The highest BCUT2D eigenvalue weighted by Crippen LogP contribution is 2.25. The van der Waals surface area contributed by atoms with Gasteiger partial charge in [-0.05, 0) is 59.7 Å². The van der Waals surface area contributed by atoms with Gasteiger partial charge in [0.05, 0.1) is 23.2 Å². The van der Waals surface area contributed by atoms with Gasteiger partial charge < -0.3 is 5.11 Å². The number of carbonyl (C=O) groups is 2. The van der Waals surface area contributed by atoms with E-state index >= 15 is 0 Å². The van der Waals surface area contributed by atoms with Gasteiger partial charge in [-0.1, -0.05) is 57.3 Å². The maximum absolute atomic E-state index is 13.3. The average Bonchev–Trinajstić information content (AvgIpc) is 2.81. The molecule has 0 saturated heterocycles. The summed E-state index contributed by atoms with van der Waals surface area (Å²) in [6.45, 7) is -0.713. The van der Waals surface area contributed by atoms with Crippen LogP contribution in [0.25, 0.3) is 0 Å². The SMILES string of the molecule is O=C(CN(Cc1ccc(Cl)cc1Cl)S(=O)(=O)c1ccc(Br)cc1)N/N=C/c1ccc(C(=O)O)cc1. The van der Waals surface area contributed by atoms with Crippen LogP contribution < -0.4 is 5.43 Å². The Labute approximate surface area is 220 Å². The number of carboxylic acids is 1. The van der Waals surface area contributed by atoms with E-state index in [1.807, 2.05) is 0 Å². The Bertz CT molecular complexity index is 1360.